The Hall–Kier alpha value is -3.23. The zero-order valence-corrected chi connectivity index (χ0v) is 15.3. The molecule has 2 N–H and O–H groups in total. The number of pyridine rings is 2. The van der Waals surface area contributed by atoms with Crippen molar-refractivity contribution < 1.29 is 23.4 Å². The molecule has 1 aliphatic rings. The van der Waals surface area contributed by atoms with E-state index in [0.717, 1.165) is 11.8 Å². The normalized spacial score (nSPS) is 18.9. The zero-order chi connectivity index (χ0) is 20.4. The van der Waals surface area contributed by atoms with Crippen LogP contribution in [0.15, 0.2) is 41.0 Å². The highest BCUT2D eigenvalue weighted by atomic mass is 19.1. The Morgan fingerprint density at radius 1 is 1.36 bits per heavy atom. The van der Waals surface area contributed by atoms with Crippen molar-refractivity contribution in [2.45, 2.75) is 39.0 Å². The van der Waals surface area contributed by atoms with Gasteiger partial charge in [-0.25, -0.2) is 13.6 Å². The van der Waals surface area contributed by atoms with Crippen molar-refractivity contribution in [3.63, 3.8) is 0 Å². The van der Waals surface area contributed by atoms with Gasteiger partial charge in [0, 0.05) is 24.2 Å². The monoisotopic (exact) mass is 391 g/mol. The molecule has 0 amide bonds. The Morgan fingerprint density at radius 2 is 2.11 bits per heavy atom. The molecule has 0 bridgehead atoms. The summed E-state index contributed by atoms with van der Waals surface area (Å²) in [7, 11) is 0. The molecule has 2 aromatic heterocycles. The Morgan fingerprint density at radius 3 is 2.75 bits per heavy atom. The molecule has 7 nitrogen and oxygen atoms in total. The highest BCUT2D eigenvalue weighted by Gasteiger charge is 2.29. The van der Waals surface area contributed by atoms with Gasteiger partial charge in [0.15, 0.2) is 5.82 Å². The molecule has 148 valence electrons. The summed E-state index contributed by atoms with van der Waals surface area (Å²) in [6, 6.07) is 2.37. The lowest BCUT2D eigenvalue weighted by Crippen LogP contribution is -2.41. The van der Waals surface area contributed by atoms with Crippen LogP contribution in [-0.4, -0.2) is 26.7 Å². The summed E-state index contributed by atoms with van der Waals surface area (Å²) in [6.07, 6.45) is 2.71. The molecular formula is C19H19F2N3O4. The summed E-state index contributed by atoms with van der Waals surface area (Å²) >= 11 is 0. The minimum absolute atomic E-state index is 0.0790. The summed E-state index contributed by atoms with van der Waals surface area (Å²) in [4.78, 5) is 27.6. The second kappa shape index (κ2) is 7.79. The van der Waals surface area contributed by atoms with Gasteiger partial charge in [-0.1, -0.05) is 0 Å². The zero-order valence-electron chi connectivity index (χ0n) is 15.3. The van der Waals surface area contributed by atoms with E-state index in [1.807, 2.05) is 6.92 Å². The minimum atomic E-state index is -0.992. The molecule has 9 heteroatoms. The maximum atomic E-state index is 13.7. The van der Waals surface area contributed by atoms with Crippen molar-refractivity contribution in [3.05, 3.63) is 69.5 Å². The van der Waals surface area contributed by atoms with Gasteiger partial charge in [0.2, 0.25) is 0 Å². The third kappa shape index (κ3) is 4.03. The van der Waals surface area contributed by atoms with E-state index in [1.54, 1.807) is 19.2 Å². The van der Waals surface area contributed by atoms with Crippen molar-refractivity contribution in [1.29, 1.82) is 0 Å². The van der Waals surface area contributed by atoms with Gasteiger partial charge in [-0.15, -0.1) is 0 Å². The van der Waals surface area contributed by atoms with Crippen LogP contribution in [0.4, 0.5) is 8.78 Å². The van der Waals surface area contributed by atoms with Gasteiger partial charge in [-0.05, 0) is 31.7 Å². The number of carboxylic acid groups (broad SMARTS) is 1. The number of hydrogen-bond donors (Lipinski definition) is 2. The van der Waals surface area contributed by atoms with Gasteiger partial charge in [0.05, 0.1) is 12.2 Å². The average Bonchev–Trinajstić information content (AvgIpc) is 2.61. The number of rotatable bonds is 5. The molecule has 2 aromatic rings. The van der Waals surface area contributed by atoms with Crippen LogP contribution in [0.5, 0.6) is 5.75 Å². The van der Waals surface area contributed by atoms with Crippen molar-refractivity contribution in [2.75, 3.05) is 0 Å². The van der Waals surface area contributed by atoms with Gasteiger partial charge in [-0.2, -0.15) is 0 Å². The van der Waals surface area contributed by atoms with E-state index in [4.69, 9.17) is 4.74 Å². The maximum absolute atomic E-state index is 13.7. The lowest BCUT2D eigenvalue weighted by atomic mass is 9.96. The second-order valence-corrected chi connectivity index (χ2v) is 6.61. The Labute approximate surface area is 159 Å². The van der Waals surface area contributed by atoms with Gasteiger partial charge in [0.1, 0.15) is 29.9 Å². The first-order valence-corrected chi connectivity index (χ1v) is 8.57. The molecule has 0 spiro atoms. The standard InChI is InChI=1S/C19H19F2N3O4/c1-10-7-22-15(19(26)27)6-17(10)24-11(2)3-13(5-18(24)25)28-9-16-14(21)4-12(20)8-23-16/h3-5,7-8,15,17,22H,6,9H2,1-2H3,(H,26,27). The van der Waals surface area contributed by atoms with Crippen molar-refractivity contribution in [1.82, 2.24) is 14.9 Å². The molecule has 0 radical (unpaired) electrons. The second-order valence-electron chi connectivity index (χ2n) is 6.61. The third-order valence-corrected chi connectivity index (χ3v) is 4.60. The van der Waals surface area contributed by atoms with Crippen molar-refractivity contribution in [3.8, 4) is 5.75 Å². The molecule has 0 fully saturated rings. The van der Waals surface area contributed by atoms with E-state index in [2.05, 4.69) is 10.3 Å². The Balaban J connectivity index is 1.83. The van der Waals surface area contributed by atoms with Crippen LogP contribution in [0.25, 0.3) is 0 Å². The number of ether oxygens (including phenoxy) is 1. The number of hydrogen-bond acceptors (Lipinski definition) is 5. The van der Waals surface area contributed by atoms with Crippen LogP contribution in [0.3, 0.4) is 0 Å². The van der Waals surface area contributed by atoms with E-state index in [9.17, 15) is 23.5 Å². The van der Waals surface area contributed by atoms with Gasteiger partial charge < -0.3 is 19.7 Å². The predicted octanol–water partition coefficient (Wildman–Crippen LogP) is 2.30. The summed E-state index contributed by atoms with van der Waals surface area (Å²) in [5.74, 6) is -2.40. The smallest absolute Gasteiger partial charge is 0.326 e. The summed E-state index contributed by atoms with van der Waals surface area (Å²) in [5.41, 5.74) is 0.948. The summed E-state index contributed by atoms with van der Waals surface area (Å²) in [5, 5.41) is 12.0. The maximum Gasteiger partial charge on any atom is 0.326 e. The van der Waals surface area contributed by atoms with E-state index >= 15 is 0 Å². The number of carboxylic acids is 1. The number of aromatic nitrogens is 2. The number of allylic oxidation sites excluding steroid dienone is 1. The van der Waals surface area contributed by atoms with E-state index in [0.29, 0.717) is 11.8 Å². The molecule has 1 aliphatic heterocycles. The fraction of sp³-hybridized carbons (Fsp3) is 0.316. The first-order chi connectivity index (χ1) is 13.3. The predicted molar refractivity (Wildman–Crippen MR) is 95.9 cm³/mol. The molecule has 28 heavy (non-hydrogen) atoms. The molecule has 0 saturated carbocycles. The van der Waals surface area contributed by atoms with Crippen molar-refractivity contribution in [2.24, 2.45) is 0 Å². The third-order valence-electron chi connectivity index (χ3n) is 4.60. The number of aliphatic carboxylic acids is 1. The number of carbonyl (C=O) groups is 1. The average molecular weight is 391 g/mol. The lowest BCUT2D eigenvalue weighted by Gasteiger charge is -2.30. The quantitative estimate of drug-likeness (QED) is 0.813. The molecule has 0 aliphatic carbocycles. The van der Waals surface area contributed by atoms with Gasteiger partial charge in [-0.3, -0.25) is 9.78 Å². The van der Waals surface area contributed by atoms with E-state index < -0.39 is 29.7 Å². The Kier molecular flexibility index (Phi) is 5.43. The fourth-order valence-electron chi connectivity index (χ4n) is 3.15. The molecule has 0 saturated heterocycles. The number of aryl methyl sites for hydroxylation is 1. The van der Waals surface area contributed by atoms with Crippen LogP contribution >= 0.6 is 0 Å². The fourth-order valence-corrected chi connectivity index (χ4v) is 3.15. The van der Waals surface area contributed by atoms with Crippen LogP contribution in [-0.2, 0) is 11.4 Å². The SMILES string of the molecule is CC1=CNC(C(=O)O)CC1n1c(C)cc(OCc2ncc(F)cc2F)cc1=O. The highest BCUT2D eigenvalue weighted by Crippen LogP contribution is 2.27. The molecule has 2 unspecified atom stereocenters. The lowest BCUT2D eigenvalue weighted by molar-refractivity contribution is -0.139. The molecule has 2 atom stereocenters. The summed E-state index contributed by atoms with van der Waals surface area (Å²) in [6.45, 7) is 3.26. The van der Waals surface area contributed by atoms with Crippen LogP contribution in [0, 0.1) is 18.6 Å². The van der Waals surface area contributed by atoms with E-state index in [1.165, 1.54) is 10.6 Å². The minimum Gasteiger partial charge on any atom is -0.487 e. The number of halogens is 2. The first-order valence-electron chi connectivity index (χ1n) is 8.57. The van der Waals surface area contributed by atoms with Crippen LogP contribution < -0.4 is 15.6 Å². The molecule has 0 aromatic carbocycles. The van der Waals surface area contributed by atoms with Gasteiger partial charge in [0.25, 0.3) is 5.56 Å². The highest BCUT2D eigenvalue weighted by molar-refractivity contribution is 5.74. The number of nitrogens with zero attached hydrogens (tertiary/aromatic N) is 2. The number of nitrogens with one attached hydrogen (secondary N) is 1. The largest absolute Gasteiger partial charge is 0.487 e. The summed E-state index contributed by atoms with van der Waals surface area (Å²) < 4.78 is 33.5. The molecule has 3 heterocycles. The molecular weight excluding hydrogens is 372 g/mol. The van der Waals surface area contributed by atoms with E-state index in [-0.39, 0.29) is 30.0 Å². The molecule has 3 rings (SSSR count). The van der Waals surface area contributed by atoms with Crippen LogP contribution in [0.1, 0.15) is 30.8 Å². The van der Waals surface area contributed by atoms with Gasteiger partial charge >= 0.3 is 5.97 Å². The van der Waals surface area contributed by atoms with Crippen LogP contribution in [0.2, 0.25) is 0 Å². The first kappa shape index (κ1) is 19.5. The van der Waals surface area contributed by atoms with Crippen molar-refractivity contribution >= 4 is 5.97 Å². The Bertz CT molecular complexity index is 1000. The topological polar surface area (TPSA) is 93.4 Å².